The van der Waals surface area contributed by atoms with Gasteiger partial charge >= 0.3 is 35.4 Å². The van der Waals surface area contributed by atoms with Crippen molar-refractivity contribution < 1.29 is 33.9 Å². The van der Waals surface area contributed by atoms with Gasteiger partial charge in [0.25, 0.3) is 0 Å². The molecule has 0 aliphatic rings. The average molecular weight is 279 g/mol. The van der Waals surface area contributed by atoms with Crippen molar-refractivity contribution >= 4 is 39.3 Å². The average Bonchev–Trinajstić information content (AvgIpc) is 1.75. The zero-order valence-corrected chi connectivity index (χ0v) is 8.46. The molecule has 0 aromatic rings. The molecule has 0 rings (SSSR count). The van der Waals surface area contributed by atoms with Crippen LogP contribution in [0.2, 0.25) is 0 Å². The van der Waals surface area contributed by atoms with E-state index in [2.05, 4.69) is 6.58 Å². The van der Waals surface area contributed by atoms with E-state index in [4.69, 9.17) is 0 Å². The second-order valence-corrected chi connectivity index (χ2v) is 5.40. The van der Waals surface area contributed by atoms with Gasteiger partial charge < -0.3 is 0 Å². The molecule has 1 unspecified atom stereocenters. The van der Waals surface area contributed by atoms with Crippen molar-refractivity contribution in [3.63, 3.8) is 0 Å². The first-order valence-electron chi connectivity index (χ1n) is 3.06. The molecule has 0 amide bonds. The van der Waals surface area contributed by atoms with Gasteiger partial charge in [-0.1, -0.05) is 14.1 Å². The molecule has 92 valence electrons. The third kappa shape index (κ3) is 5.85. The molecule has 0 fully saturated rings. The summed E-state index contributed by atoms with van der Waals surface area (Å²) in [6.07, 6.45) is -5.34. The van der Waals surface area contributed by atoms with Crippen molar-refractivity contribution in [1.82, 2.24) is 4.13 Å². The summed E-state index contributed by atoms with van der Waals surface area (Å²) < 4.78 is 89.1. The van der Waals surface area contributed by atoms with E-state index < -0.39 is 31.9 Å². The Bertz CT molecular complexity index is 441. The van der Waals surface area contributed by atoms with E-state index in [-0.39, 0.29) is 29.1 Å². The molecule has 0 bridgehead atoms. The van der Waals surface area contributed by atoms with Crippen LogP contribution in [0.4, 0.5) is 17.1 Å². The van der Waals surface area contributed by atoms with Crippen molar-refractivity contribution in [3.8, 4) is 0 Å². The Morgan fingerprint density at radius 1 is 1.19 bits per heavy atom. The van der Waals surface area contributed by atoms with Crippen LogP contribution in [0.25, 0.3) is 0 Å². The topological polar surface area (TPSA) is 80.3 Å². The Morgan fingerprint density at radius 2 is 1.56 bits per heavy atom. The van der Waals surface area contributed by atoms with E-state index in [0.29, 0.717) is 0 Å². The predicted molar refractivity (Wildman–Crippen MR) is 49.3 cm³/mol. The summed E-state index contributed by atoms with van der Waals surface area (Å²) in [7, 11) is -11.2. The van der Waals surface area contributed by atoms with Crippen LogP contribution in [0.1, 0.15) is 0 Å². The zero-order chi connectivity index (χ0) is 12.5. The number of hydrogen-bond donors (Lipinski definition) is 1. The first kappa shape index (κ1) is 18.3. The summed E-state index contributed by atoms with van der Waals surface area (Å²) >= 11 is 0. The first-order valence-corrected chi connectivity index (χ1v) is 5.99. The molecule has 0 aromatic heterocycles. The van der Waals surface area contributed by atoms with Gasteiger partial charge in [0.15, 0.2) is 5.25 Å². The van der Waals surface area contributed by atoms with Crippen LogP contribution in [0.15, 0.2) is 12.7 Å². The standard InChI is InChI=1S/C4H5F4NO4S2.Li.H/c1-2-3(4(5,6)7)14(10,11)9-15(8,12)13;;/h2-3,9H,1H2;;. The van der Waals surface area contributed by atoms with Gasteiger partial charge in [-0.25, -0.2) is 8.42 Å². The molecular formula is C4H6F4LiNO4S2. The molecular weight excluding hydrogens is 273 g/mol. The van der Waals surface area contributed by atoms with Gasteiger partial charge in [0.1, 0.15) is 0 Å². The summed E-state index contributed by atoms with van der Waals surface area (Å²) in [6.45, 7) is 2.57. The fourth-order valence-corrected chi connectivity index (χ4v) is 2.76. The number of hydrogen-bond acceptors (Lipinski definition) is 4. The molecule has 12 heteroatoms. The van der Waals surface area contributed by atoms with E-state index in [0.717, 1.165) is 0 Å². The summed E-state index contributed by atoms with van der Waals surface area (Å²) in [5, 5.41) is -3.20. The van der Waals surface area contributed by atoms with Crippen molar-refractivity contribution in [1.29, 1.82) is 0 Å². The number of rotatable bonds is 4. The Morgan fingerprint density at radius 3 is 1.75 bits per heavy atom. The molecule has 0 heterocycles. The number of halogens is 4. The van der Waals surface area contributed by atoms with Gasteiger partial charge in [-0.15, -0.1) is 6.58 Å². The van der Waals surface area contributed by atoms with E-state index in [1.807, 2.05) is 0 Å². The van der Waals surface area contributed by atoms with Crippen LogP contribution in [-0.4, -0.2) is 47.1 Å². The van der Waals surface area contributed by atoms with Crippen molar-refractivity contribution in [2.75, 3.05) is 0 Å². The van der Waals surface area contributed by atoms with Gasteiger partial charge in [0, 0.05) is 0 Å². The van der Waals surface area contributed by atoms with Gasteiger partial charge in [-0.3, -0.25) is 0 Å². The predicted octanol–water partition coefficient (Wildman–Crippen LogP) is -0.411. The number of nitrogens with one attached hydrogen (secondary N) is 1. The van der Waals surface area contributed by atoms with Crippen LogP contribution in [-0.2, 0) is 20.4 Å². The molecule has 1 atom stereocenters. The summed E-state index contributed by atoms with van der Waals surface area (Å²) in [5.41, 5.74) is 0. The van der Waals surface area contributed by atoms with Gasteiger partial charge in [0.05, 0.1) is 0 Å². The van der Waals surface area contributed by atoms with Crippen LogP contribution in [0.5, 0.6) is 0 Å². The van der Waals surface area contributed by atoms with Crippen molar-refractivity contribution in [3.05, 3.63) is 12.7 Å². The van der Waals surface area contributed by atoms with E-state index in [9.17, 15) is 33.9 Å². The quantitative estimate of drug-likeness (QED) is 0.328. The molecule has 0 saturated heterocycles. The van der Waals surface area contributed by atoms with Crippen LogP contribution >= 0.6 is 0 Å². The molecule has 0 aromatic carbocycles. The fraction of sp³-hybridized carbons (Fsp3) is 0.500. The monoisotopic (exact) mass is 279 g/mol. The molecule has 0 spiro atoms. The van der Waals surface area contributed by atoms with Crippen LogP contribution in [0.3, 0.4) is 0 Å². The van der Waals surface area contributed by atoms with Crippen molar-refractivity contribution in [2.45, 2.75) is 11.4 Å². The summed E-state index contributed by atoms with van der Waals surface area (Å²) in [4.78, 5) is 0. The maximum absolute atomic E-state index is 12.0. The summed E-state index contributed by atoms with van der Waals surface area (Å²) in [6, 6.07) is 0. The molecule has 0 aliphatic carbocycles. The van der Waals surface area contributed by atoms with E-state index in [1.54, 1.807) is 0 Å². The fourth-order valence-electron chi connectivity index (χ4n) is 0.627. The van der Waals surface area contributed by atoms with E-state index >= 15 is 0 Å². The SMILES string of the molecule is C=CC(C(F)(F)F)S(=O)(=O)NS(=O)(=O)F.[LiH]. The zero-order valence-electron chi connectivity index (χ0n) is 6.82. The minimum absolute atomic E-state index is 0. The normalized spacial score (nSPS) is 15.0. The van der Waals surface area contributed by atoms with Gasteiger partial charge in [-0.05, 0) is 0 Å². The summed E-state index contributed by atoms with van der Waals surface area (Å²) in [5.74, 6) is 0. The number of sulfonamides is 1. The Kier molecular flexibility index (Phi) is 6.29. The number of alkyl halides is 3. The minimum atomic E-state index is -5.78. The second kappa shape index (κ2) is 5.50. The van der Waals surface area contributed by atoms with Gasteiger partial charge in [-0.2, -0.15) is 21.6 Å². The Hall–Kier alpha value is -0.0826. The molecule has 0 aliphatic heterocycles. The Balaban J connectivity index is 0. The molecule has 0 radical (unpaired) electrons. The van der Waals surface area contributed by atoms with E-state index in [1.165, 1.54) is 0 Å². The third-order valence-corrected chi connectivity index (χ3v) is 3.94. The van der Waals surface area contributed by atoms with Crippen LogP contribution < -0.4 is 4.13 Å². The van der Waals surface area contributed by atoms with Gasteiger partial charge in [0.2, 0.25) is 10.0 Å². The van der Waals surface area contributed by atoms with Crippen molar-refractivity contribution in [2.24, 2.45) is 0 Å². The van der Waals surface area contributed by atoms with Crippen LogP contribution in [0, 0.1) is 0 Å². The molecule has 1 N–H and O–H groups in total. The molecule has 0 saturated carbocycles. The third-order valence-electron chi connectivity index (χ3n) is 1.09. The maximum atomic E-state index is 12.0. The molecule has 5 nitrogen and oxygen atoms in total. The Labute approximate surface area is 101 Å². The second-order valence-electron chi connectivity index (χ2n) is 2.26. The first-order chi connectivity index (χ1) is 6.40. The molecule has 16 heavy (non-hydrogen) atoms.